The molecule has 2 N–H and O–H groups in total. The molecule has 0 aliphatic carbocycles. The Bertz CT molecular complexity index is 416. The Kier molecular flexibility index (Phi) is 11.0. The van der Waals surface area contributed by atoms with E-state index in [-0.39, 0.29) is 30.1 Å². The summed E-state index contributed by atoms with van der Waals surface area (Å²) in [7, 11) is 0. The molecule has 140 valence electrons. The molecule has 1 fully saturated rings. The highest BCUT2D eigenvalue weighted by Crippen LogP contribution is 2.11. The smallest absolute Gasteiger partial charge is 0.410 e. The Balaban J connectivity index is 0.00000529. The molecule has 0 atom stereocenters. The van der Waals surface area contributed by atoms with Gasteiger partial charge < -0.3 is 25.0 Å². The first-order chi connectivity index (χ1) is 10.8. The molecule has 7 nitrogen and oxygen atoms in total. The van der Waals surface area contributed by atoms with E-state index in [1.54, 1.807) is 4.90 Å². The van der Waals surface area contributed by atoms with Crippen molar-refractivity contribution in [2.45, 2.75) is 32.8 Å². The number of rotatable bonds is 6. The number of halogens is 1. The molecule has 0 aromatic carbocycles. The molecule has 0 bridgehead atoms. The largest absolute Gasteiger partial charge is 0.444 e. The Morgan fingerprint density at radius 3 is 2.33 bits per heavy atom. The highest BCUT2D eigenvalue weighted by Gasteiger charge is 2.26. The molecule has 1 aliphatic heterocycles. The standard InChI is InChI=1S/C16H30N4O3.HI/c1-5-6-12-22-13-7-18-14(17)19-8-10-20(11-9-19)15(21)23-16(2,3)4;/h5H,1,6-13H2,2-4H3,(H2,17,18);1H. The molecule has 1 heterocycles. The number of guanidine groups is 1. The lowest BCUT2D eigenvalue weighted by molar-refractivity contribution is 0.0186. The van der Waals surface area contributed by atoms with Crippen molar-refractivity contribution in [1.82, 2.24) is 9.80 Å². The predicted octanol–water partition coefficient (Wildman–Crippen LogP) is 2.06. The SMILES string of the molecule is C=CCCOCCN=C(N)N1CCN(C(=O)OC(C)(C)C)CC1.I. The lowest BCUT2D eigenvalue weighted by atomic mass is 10.2. The third-order valence-electron chi connectivity index (χ3n) is 3.23. The van der Waals surface area contributed by atoms with Gasteiger partial charge in [0.2, 0.25) is 0 Å². The first-order valence-corrected chi connectivity index (χ1v) is 8.05. The highest BCUT2D eigenvalue weighted by atomic mass is 127. The quantitative estimate of drug-likeness (QED) is 0.219. The van der Waals surface area contributed by atoms with Gasteiger partial charge in [0.1, 0.15) is 5.60 Å². The fourth-order valence-electron chi connectivity index (χ4n) is 2.04. The summed E-state index contributed by atoms with van der Waals surface area (Å²) < 4.78 is 10.8. The zero-order chi connectivity index (χ0) is 17.3. The van der Waals surface area contributed by atoms with E-state index in [1.807, 2.05) is 31.7 Å². The van der Waals surface area contributed by atoms with E-state index < -0.39 is 5.60 Å². The van der Waals surface area contributed by atoms with Crippen molar-refractivity contribution < 1.29 is 14.3 Å². The van der Waals surface area contributed by atoms with Gasteiger partial charge in [0.25, 0.3) is 0 Å². The second-order valence-electron chi connectivity index (χ2n) is 6.38. The van der Waals surface area contributed by atoms with Crippen molar-refractivity contribution in [3.05, 3.63) is 12.7 Å². The Morgan fingerprint density at radius 2 is 1.79 bits per heavy atom. The van der Waals surface area contributed by atoms with Crippen LogP contribution in [0.5, 0.6) is 0 Å². The van der Waals surface area contributed by atoms with Crippen LogP contribution >= 0.6 is 24.0 Å². The van der Waals surface area contributed by atoms with E-state index >= 15 is 0 Å². The molecular weight excluding hydrogens is 423 g/mol. The van der Waals surface area contributed by atoms with Crippen molar-refractivity contribution in [2.75, 3.05) is 45.9 Å². The molecule has 0 spiro atoms. The number of carbonyl (C=O) groups is 1. The van der Waals surface area contributed by atoms with Gasteiger partial charge in [-0.15, -0.1) is 30.6 Å². The summed E-state index contributed by atoms with van der Waals surface area (Å²) in [5, 5.41) is 0. The monoisotopic (exact) mass is 454 g/mol. The Hall–Kier alpha value is -1.03. The van der Waals surface area contributed by atoms with Crippen LogP contribution < -0.4 is 5.73 Å². The minimum atomic E-state index is -0.472. The normalized spacial score (nSPS) is 15.7. The van der Waals surface area contributed by atoms with E-state index in [2.05, 4.69) is 11.6 Å². The maximum Gasteiger partial charge on any atom is 0.410 e. The summed E-state index contributed by atoms with van der Waals surface area (Å²) in [5.74, 6) is 0.501. The summed E-state index contributed by atoms with van der Waals surface area (Å²) in [6, 6.07) is 0. The number of ether oxygens (including phenoxy) is 2. The summed E-state index contributed by atoms with van der Waals surface area (Å²) in [6.07, 6.45) is 2.39. The van der Waals surface area contributed by atoms with Crippen LogP contribution in [0.4, 0.5) is 4.79 Å². The van der Waals surface area contributed by atoms with Crippen LogP contribution in [0.2, 0.25) is 0 Å². The third kappa shape index (κ3) is 9.31. The molecule has 0 aromatic rings. The number of hydrogen-bond donors (Lipinski definition) is 1. The van der Waals surface area contributed by atoms with Crippen molar-refractivity contribution in [1.29, 1.82) is 0 Å². The number of piperazine rings is 1. The maximum absolute atomic E-state index is 12.0. The molecule has 1 rings (SSSR count). The molecule has 1 aliphatic rings. The number of aliphatic imine (C=N–C) groups is 1. The third-order valence-corrected chi connectivity index (χ3v) is 3.23. The van der Waals surface area contributed by atoms with Crippen LogP contribution in [-0.4, -0.2) is 73.4 Å². The van der Waals surface area contributed by atoms with Crippen LogP contribution in [-0.2, 0) is 9.47 Å². The number of nitrogens with zero attached hydrogens (tertiary/aromatic N) is 3. The summed E-state index contributed by atoms with van der Waals surface area (Å²) in [6.45, 7) is 13.5. The topological polar surface area (TPSA) is 80.4 Å². The van der Waals surface area contributed by atoms with E-state index in [0.717, 1.165) is 6.42 Å². The van der Waals surface area contributed by atoms with Gasteiger partial charge in [-0.1, -0.05) is 6.08 Å². The van der Waals surface area contributed by atoms with E-state index in [0.29, 0.717) is 51.9 Å². The van der Waals surface area contributed by atoms with Gasteiger partial charge in [-0.2, -0.15) is 0 Å². The second kappa shape index (κ2) is 11.5. The highest BCUT2D eigenvalue weighted by molar-refractivity contribution is 14.0. The van der Waals surface area contributed by atoms with E-state index in [9.17, 15) is 4.79 Å². The van der Waals surface area contributed by atoms with Gasteiger partial charge in [0.15, 0.2) is 5.96 Å². The average molecular weight is 454 g/mol. The predicted molar refractivity (Wildman–Crippen MR) is 107 cm³/mol. The first-order valence-electron chi connectivity index (χ1n) is 8.05. The van der Waals surface area contributed by atoms with Crippen molar-refractivity contribution in [3.8, 4) is 0 Å². The van der Waals surface area contributed by atoms with Crippen LogP contribution in [0.15, 0.2) is 17.6 Å². The Morgan fingerprint density at radius 1 is 1.21 bits per heavy atom. The average Bonchev–Trinajstić information content (AvgIpc) is 2.49. The van der Waals surface area contributed by atoms with Crippen LogP contribution in [0.3, 0.4) is 0 Å². The second-order valence-corrected chi connectivity index (χ2v) is 6.38. The number of hydrogen-bond acceptors (Lipinski definition) is 4. The zero-order valence-electron chi connectivity index (χ0n) is 15.0. The molecule has 0 aromatic heterocycles. The summed E-state index contributed by atoms with van der Waals surface area (Å²) >= 11 is 0. The molecule has 8 heteroatoms. The number of nitrogens with two attached hydrogens (primary N) is 1. The maximum atomic E-state index is 12.0. The van der Waals surface area contributed by atoms with Crippen LogP contribution in [0.1, 0.15) is 27.2 Å². The molecule has 24 heavy (non-hydrogen) atoms. The summed E-state index contributed by atoms with van der Waals surface area (Å²) in [4.78, 5) is 20.0. The minimum Gasteiger partial charge on any atom is -0.444 e. The van der Waals surface area contributed by atoms with E-state index in [1.165, 1.54) is 0 Å². The van der Waals surface area contributed by atoms with Crippen LogP contribution in [0.25, 0.3) is 0 Å². The minimum absolute atomic E-state index is 0. The van der Waals surface area contributed by atoms with Crippen molar-refractivity contribution in [2.24, 2.45) is 10.7 Å². The van der Waals surface area contributed by atoms with Gasteiger partial charge in [-0.3, -0.25) is 4.99 Å². The van der Waals surface area contributed by atoms with Gasteiger partial charge in [0.05, 0.1) is 19.8 Å². The number of carbonyl (C=O) groups excluding carboxylic acids is 1. The zero-order valence-corrected chi connectivity index (χ0v) is 17.3. The Labute approximate surface area is 162 Å². The summed E-state index contributed by atoms with van der Waals surface area (Å²) in [5.41, 5.74) is 5.51. The van der Waals surface area contributed by atoms with Crippen molar-refractivity contribution >= 4 is 36.0 Å². The molecule has 0 saturated carbocycles. The van der Waals surface area contributed by atoms with Crippen LogP contribution in [0, 0.1) is 0 Å². The first kappa shape index (κ1) is 23.0. The van der Waals surface area contributed by atoms with Gasteiger partial charge >= 0.3 is 6.09 Å². The molecule has 0 unspecified atom stereocenters. The fourth-order valence-corrected chi connectivity index (χ4v) is 2.04. The van der Waals surface area contributed by atoms with E-state index in [4.69, 9.17) is 15.2 Å². The number of amides is 1. The van der Waals surface area contributed by atoms with Crippen molar-refractivity contribution in [3.63, 3.8) is 0 Å². The molecular formula is C16H31IN4O3. The van der Waals surface area contributed by atoms with Gasteiger partial charge in [-0.05, 0) is 27.2 Å². The molecule has 1 amide bonds. The lowest BCUT2D eigenvalue weighted by Gasteiger charge is -2.36. The fraction of sp³-hybridized carbons (Fsp3) is 0.750. The lowest BCUT2D eigenvalue weighted by Crippen LogP contribution is -2.53. The van der Waals surface area contributed by atoms with Gasteiger partial charge in [-0.25, -0.2) is 4.79 Å². The van der Waals surface area contributed by atoms with Gasteiger partial charge in [0, 0.05) is 26.2 Å². The molecule has 1 saturated heterocycles. The molecule has 0 radical (unpaired) electrons.